The summed E-state index contributed by atoms with van der Waals surface area (Å²) in [5.41, 5.74) is 0. The molecule has 0 amide bonds. The maximum atomic E-state index is 12.3. The van der Waals surface area contributed by atoms with Crippen molar-refractivity contribution in [2.24, 2.45) is 5.92 Å². The largest absolute Gasteiger partial charge is 0.314 e. The molecule has 1 N–H and O–H groups in total. The van der Waals surface area contributed by atoms with Crippen LogP contribution in [-0.4, -0.2) is 44.2 Å². The van der Waals surface area contributed by atoms with Crippen LogP contribution < -0.4 is 5.32 Å². The highest BCUT2D eigenvalue weighted by molar-refractivity contribution is 7.89. The topological polar surface area (TPSA) is 49.4 Å². The molecule has 0 bridgehead atoms. The first-order valence-corrected chi connectivity index (χ1v) is 9.13. The molecule has 4 nitrogen and oxygen atoms in total. The van der Waals surface area contributed by atoms with Gasteiger partial charge in [0.2, 0.25) is 10.0 Å². The van der Waals surface area contributed by atoms with E-state index in [4.69, 9.17) is 0 Å². The SMILES string of the molecule is CC(C)CC(C)N(C)S(=O)(=O)CCC1CCCCN1. The number of rotatable bonds is 7. The predicted octanol–water partition coefficient (Wildman–Crippen LogP) is 2.21. The lowest BCUT2D eigenvalue weighted by molar-refractivity contribution is 0.334. The van der Waals surface area contributed by atoms with E-state index in [9.17, 15) is 8.42 Å². The van der Waals surface area contributed by atoms with Crippen LogP contribution in [0.5, 0.6) is 0 Å². The van der Waals surface area contributed by atoms with Crippen LogP contribution in [0.3, 0.4) is 0 Å². The van der Waals surface area contributed by atoms with Gasteiger partial charge in [0, 0.05) is 19.1 Å². The molecule has 5 heteroatoms. The minimum atomic E-state index is -3.11. The smallest absolute Gasteiger partial charge is 0.214 e. The molecule has 0 aromatic carbocycles. The molecule has 2 atom stereocenters. The summed E-state index contributed by atoms with van der Waals surface area (Å²) in [6, 6.07) is 0.474. The fraction of sp³-hybridized carbons (Fsp3) is 1.00. The van der Waals surface area contributed by atoms with Gasteiger partial charge < -0.3 is 5.32 Å². The van der Waals surface area contributed by atoms with E-state index < -0.39 is 10.0 Å². The molecule has 1 saturated heterocycles. The lowest BCUT2D eigenvalue weighted by Gasteiger charge is -2.28. The van der Waals surface area contributed by atoms with Crippen LogP contribution in [0.25, 0.3) is 0 Å². The first-order chi connectivity index (χ1) is 8.83. The van der Waals surface area contributed by atoms with Gasteiger partial charge in [0.05, 0.1) is 5.75 Å². The maximum absolute atomic E-state index is 12.3. The van der Waals surface area contributed by atoms with E-state index in [0.717, 1.165) is 25.8 Å². The summed E-state index contributed by atoms with van der Waals surface area (Å²) >= 11 is 0. The predicted molar refractivity (Wildman–Crippen MR) is 80.7 cm³/mol. The standard InChI is InChI=1S/C14H30N2O2S/c1-12(2)11-13(3)16(4)19(17,18)10-8-14-7-5-6-9-15-14/h12-15H,5-11H2,1-4H3. The van der Waals surface area contributed by atoms with Crippen molar-refractivity contribution >= 4 is 10.0 Å². The Labute approximate surface area is 119 Å². The zero-order valence-electron chi connectivity index (χ0n) is 12.9. The van der Waals surface area contributed by atoms with Crippen LogP contribution in [0.15, 0.2) is 0 Å². The van der Waals surface area contributed by atoms with E-state index in [2.05, 4.69) is 19.2 Å². The van der Waals surface area contributed by atoms with E-state index in [0.29, 0.717) is 12.0 Å². The van der Waals surface area contributed by atoms with Gasteiger partial charge >= 0.3 is 0 Å². The Bertz CT molecular complexity index is 348. The second-order valence-electron chi connectivity index (χ2n) is 6.25. The zero-order chi connectivity index (χ0) is 14.5. The van der Waals surface area contributed by atoms with E-state index in [1.807, 2.05) is 6.92 Å². The van der Waals surface area contributed by atoms with Crippen molar-refractivity contribution in [2.75, 3.05) is 19.3 Å². The molecular formula is C14H30N2O2S. The summed E-state index contributed by atoms with van der Waals surface area (Å²) < 4.78 is 26.2. The number of hydrogen-bond donors (Lipinski definition) is 1. The molecule has 1 aliphatic rings. The molecule has 0 saturated carbocycles. The van der Waals surface area contributed by atoms with E-state index in [1.165, 1.54) is 12.8 Å². The molecule has 2 unspecified atom stereocenters. The van der Waals surface area contributed by atoms with Crippen LogP contribution in [0.1, 0.15) is 52.9 Å². The van der Waals surface area contributed by atoms with E-state index in [1.54, 1.807) is 11.4 Å². The molecular weight excluding hydrogens is 260 g/mol. The van der Waals surface area contributed by atoms with Crippen molar-refractivity contribution in [1.29, 1.82) is 0 Å². The molecule has 0 spiro atoms. The Morgan fingerprint density at radius 3 is 2.47 bits per heavy atom. The summed E-state index contributed by atoms with van der Waals surface area (Å²) in [6.07, 6.45) is 5.20. The molecule has 0 aliphatic carbocycles. The van der Waals surface area contributed by atoms with Crippen LogP contribution in [0.4, 0.5) is 0 Å². The lowest BCUT2D eigenvalue weighted by Crippen LogP contribution is -2.40. The lowest BCUT2D eigenvalue weighted by atomic mass is 10.0. The Morgan fingerprint density at radius 1 is 1.26 bits per heavy atom. The quantitative estimate of drug-likeness (QED) is 0.782. The van der Waals surface area contributed by atoms with Crippen molar-refractivity contribution in [3.63, 3.8) is 0 Å². The minimum Gasteiger partial charge on any atom is -0.314 e. The van der Waals surface area contributed by atoms with Crippen molar-refractivity contribution in [1.82, 2.24) is 9.62 Å². The fourth-order valence-corrected chi connectivity index (χ4v) is 4.22. The highest BCUT2D eigenvalue weighted by Crippen LogP contribution is 2.16. The van der Waals surface area contributed by atoms with Crippen molar-refractivity contribution < 1.29 is 8.42 Å². The van der Waals surface area contributed by atoms with Crippen LogP contribution in [0, 0.1) is 5.92 Å². The van der Waals surface area contributed by atoms with Gasteiger partial charge in [-0.25, -0.2) is 12.7 Å². The average Bonchev–Trinajstić information content (AvgIpc) is 2.36. The summed E-state index contributed by atoms with van der Waals surface area (Å²) in [5, 5.41) is 3.41. The second kappa shape index (κ2) is 7.60. The fourth-order valence-electron chi connectivity index (χ4n) is 2.71. The Morgan fingerprint density at radius 2 is 1.95 bits per heavy atom. The number of hydrogen-bond acceptors (Lipinski definition) is 3. The highest BCUT2D eigenvalue weighted by atomic mass is 32.2. The molecule has 1 heterocycles. The molecule has 114 valence electrons. The summed E-state index contributed by atoms with van der Waals surface area (Å²) in [5.74, 6) is 0.788. The van der Waals surface area contributed by atoms with Crippen LogP contribution >= 0.6 is 0 Å². The Hall–Kier alpha value is -0.130. The third-order valence-electron chi connectivity index (χ3n) is 4.01. The molecule has 1 rings (SSSR count). The van der Waals surface area contributed by atoms with Gasteiger partial charge in [-0.2, -0.15) is 0 Å². The molecule has 0 aromatic heterocycles. The van der Waals surface area contributed by atoms with Gasteiger partial charge in [0.25, 0.3) is 0 Å². The molecule has 0 aromatic rings. The number of nitrogens with zero attached hydrogens (tertiary/aromatic N) is 1. The third-order valence-corrected chi connectivity index (χ3v) is 6.00. The van der Waals surface area contributed by atoms with Gasteiger partial charge in [-0.1, -0.05) is 20.3 Å². The van der Waals surface area contributed by atoms with Crippen molar-refractivity contribution in [2.45, 2.75) is 65.0 Å². The van der Waals surface area contributed by atoms with Crippen molar-refractivity contribution in [3.05, 3.63) is 0 Å². The number of sulfonamides is 1. The van der Waals surface area contributed by atoms with Gasteiger partial charge in [0.1, 0.15) is 0 Å². The third kappa shape index (κ3) is 5.79. The summed E-state index contributed by atoms with van der Waals surface area (Å²) in [4.78, 5) is 0. The monoisotopic (exact) mass is 290 g/mol. The van der Waals surface area contributed by atoms with Crippen LogP contribution in [-0.2, 0) is 10.0 Å². The Kier molecular flexibility index (Phi) is 6.77. The first kappa shape index (κ1) is 16.9. The van der Waals surface area contributed by atoms with Gasteiger partial charge in [-0.15, -0.1) is 0 Å². The highest BCUT2D eigenvalue weighted by Gasteiger charge is 2.25. The normalized spacial score (nSPS) is 22.9. The van der Waals surface area contributed by atoms with Gasteiger partial charge in [-0.05, 0) is 45.1 Å². The van der Waals surface area contributed by atoms with Crippen molar-refractivity contribution in [3.8, 4) is 0 Å². The van der Waals surface area contributed by atoms with Crippen LogP contribution in [0.2, 0.25) is 0 Å². The maximum Gasteiger partial charge on any atom is 0.214 e. The second-order valence-corrected chi connectivity index (χ2v) is 8.39. The first-order valence-electron chi connectivity index (χ1n) is 7.52. The molecule has 0 radical (unpaired) electrons. The van der Waals surface area contributed by atoms with E-state index in [-0.39, 0.29) is 11.8 Å². The van der Waals surface area contributed by atoms with Gasteiger partial charge in [-0.3, -0.25) is 0 Å². The molecule has 1 aliphatic heterocycles. The van der Waals surface area contributed by atoms with Gasteiger partial charge in [0.15, 0.2) is 0 Å². The zero-order valence-corrected chi connectivity index (χ0v) is 13.7. The molecule has 1 fully saturated rings. The summed E-state index contributed by atoms with van der Waals surface area (Å²) in [7, 11) is -1.39. The Balaban J connectivity index is 2.45. The number of nitrogens with one attached hydrogen (secondary N) is 1. The minimum absolute atomic E-state index is 0.0873. The summed E-state index contributed by atoms with van der Waals surface area (Å²) in [6.45, 7) is 7.28. The molecule has 19 heavy (non-hydrogen) atoms. The van der Waals surface area contributed by atoms with E-state index >= 15 is 0 Å². The average molecular weight is 290 g/mol. The number of piperidine rings is 1.